The quantitative estimate of drug-likeness (QED) is 0.588. The molecular formula is C18H17NO6S. The minimum atomic E-state index is -0.439. The molecule has 0 bridgehead atoms. The number of ether oxygens (including phenoxy) is 4. The van der Waals surface area contributed by atoms with Crippen molar-refractivity contribution in [1.29, 1.82) is 0 Å². The molecule has 0 fully saturated rings. The Kier molecular flexibility index (Phi) is 5.85. The number of benzene rings is 2. The van der Waals surface area contributed by atoms with E-state index in [1.54, 1.807) is 49.6 Å². The molecule has 0 radical (unpaired) electrons. The molecule has 2 aromatic rings. The molecule has 0 atom stereocenters. The van der Waals surface area contributed by atoms with E-state index in [0.29, 0.717) is 28.7 Å². The van der Waals surface area contributed by atoms with E-state index in [9.17, 15) is 9.59 Å². The van der Waals surface area contributed by atoms with E-state index in [4.69, 9.17) is 18.9 Å². The van der Waals surface area contributed by atoms with Gasteiger partial charge in [-0.3, -0.25) is 9.59 Å². The molecular weight excluding hydrogens is 358 g/mol. The number of nitrogens with one attached hydrogen (secondary N) is 1. The van der Waals surface area contributed by atoms with Crippen LogP contribution in [0.3, 0.4) is 0 Å². The van der Waals surface area contributed by atoms with Crippen LogP contribution in [0.1, 0.15) is 0 Å². The molecule has 2 aromatic carbocycles. The lowest BCUT2D eigenvalue weighted by Gasteiger charge is -2.07. The Morgan fingerprint density at radius 3 is 2.54 bits per heavy atom. The molecule has 7 nitrogen and oxygen atoms in total. The molecule has 8 heteroatoms. The Hall–Kier alpha value is -2.87. The number of esters is 1. The zero-order chi connectivity index (χ0) is 18.4. The Labute approximate surface area is 154 Å². The topological polar surface area (TPSA) is 83.1 Å². The molecule has 3 rings (SSSR count). The molecule has 0 unspecified atom stereocenters. The predicted molar refractivity (Wildman–Crippen MR) is 97.1 cm³/mol. The number of thioether (sulfide) groups is 1. The van der Waals surface area contributed by atoms with Crippen molar-refractivity contribution in [2.75, 3.05) is 30.7 Å². The third-order valence-corrected chi connectivity index (χ3v) is 4.31. The molecule has 1 aliphatic heterocycles. The first-order valence-electron chi connectivity index (χ1n) is 7.76. The van der Waals surface area contributed by atoms with Crippen LogP contribution in [0.15, 0.2) is 42.5 Å². The van der Waals surface area contributed by atoms with Gasteiger partial charge in [-0.1, -0.05) is 0 Å². The summed E-state index contributed by atoms with van der Waals surface area (Å²) in [4.78, 5) is 23.8. The van der Waals surface area contributed by atoms with Crippen LogP contribution in [0, 0.1) is 0 Å². The molecule has 0 aliphatic carbocycles. The summed E-state index contributed by atoms with van der Waals surface area (Å²) in [7, 11) is 1.58. The average molecular weight is 375 g/mol. The van der Waals surface area contributed by atoms with E-state index in [-0.39, 0.29) is 24.2 Å². The second-order valence-electron chi connectivity index (χ2n) is 5.26. The maximum absolute atomic E-state index is 11.9. The summed E-state index contributed by atoms with van der Waals surface area (Å²) in [5.74, 6) is 1.82. The average Bonchev–Trinajstić information content (AvgIpc) is 3.10. The van der Waals surface area contributed by atoms with E-state index >= 15 is 0 Å². The number of amides is 1. The van der Waals surface area contributed by atoms with Gasteiger partial charge in [0.25, 0.3) is 0 Å². The molecule has 1 amide bonds. The molecule has 0 aromatic heterocycles. The normalized spacial score (nSPS) is 11.7. The van der Waals surface area contributed by atoms with Crippen molar-refractivity contribution in [3.05, 3.63) is 42.5 Å². The van der Waals surface area contributed by atoms with Gasteiger partial charge in [0.05, 0.1) is 18.6 Å². The number of anilines is 1. The number of carbonyl (C=O) groups excluding carboxylic acids is 2. The van der Waals surface area contributed by atoms with Crippen LogP contribution in [-0.2, 0) is 9.59 Å². The molecule has 1 heterocycles. The molecule has 1 N–H and O–H groups in total. The van der Waals surface area contributed by atoms with Crippen LogP contribution >= 0.6 is 11.8 Å². The maximum atomic E-state index is 11.9. The summed E-state index contributed by atoms with van der Waals surface area (Å²) >= 11 is 1.17. The van der Waals surface area contributed by atoms with Gasteiger partial charge in [-0.2, -0.15) is 0 Å². The van der Waals surface area contributed by atoms with Gasteiger partial charge in [0.1, 0.15) is 11.5 Å². The Morgan fingerprint density at radius 1 is 1.04 bits per heavy atom. The van der Waals surface area contributed by atoms with Gasteiger partial charge in [-0.25, -0.2) is 0 Å². The summed E-state index contributed by atoms with van der Waals surface area (Å²) in [6, 6.07) is 11.9. The van der Waals surface area contributed by atoms with Gasteiger partial charge in [0.2, 0.25) is 12.7 Å². The van der Waals surface area contributed by atoms with E-state index < -0.39 is 5.97 Å². The zero-order valence-electron chi connectivity index (χ0n) is 14.0. The first-order chi connectivity index (χ1) is 12.6. The summed E-state index contributed by atoms with van der Waals surface area (Å²) < 4.78 is 20.7. The van der Waals surface area contributed by atoms with E-state index in [0.717, 1.165) is 0 Å². The van der Waals surface area contributed by atoms with Crippen molar-refractivity contribution >= 4 is 29.3 Å². The van der Waals surface area contributed by atoms with Crippen molar-refractivity contribution < 1.29 is 28.5 Å². The van der Waals surface area contributed by atoms with Crippen LogP contribution in [0.2, 0.25) is 0 Å². The summed E-state index contributed by atoms with van der Waals surface area (Å²) in [6.45, 7) is 0.159. The predicted octanol–water partition coefficient (Wildman–Crippen LogP) is 2.70. The van der Waals surface area contributed by atoms with Crippen LogP contribution in [0.4, 0.5) is 5.69 Å². The highest BCUT2D eigenvalue weighted by atomic mass is 32.2. The van der Waals surface area contributed by atoms with Gasteiger partial charge < -0.3 is 24.3 Å². The van der Waals surface area contributed by atoms with Crippen molar-refractivity contribution in [3.63, 3.8) is 0 Å². The minimum absolute atomic E-state index is 0.0600. The highest BCUT2D eigenvalue weighted by molar-refractivity contribution is 8.00. The van der Waals surface area contributed by atoms with E-state index in [2.05, 4.69) is 5.32 Å². The van der Waals surface area contributed by atoms with E-state index in [1.165, 1.54) is 11.8 Å². The fourth-order valence-electron chi connectivity index (χ4n) is 2.20. The van der Waals surface area contributed by atoms with E-state index in [1.807, 2.05) is 0 Å². The van der Waals surface area contributed by atoms with Gasteiger partial charge >= 0.3 is 5.97 Å². The Bertz CT molecular complexity index is 793. The number of hydrogen-bond donors (Lipinski definition) is 1. The molecule has 26 heavy (non-hydrogen) atoms. The SMILES string of the molecule is COc1ccc(NC(=O)CSCC(=O)Oc2ccc3c(c2)OCO3)cc1. The standard InChI is InChI=1S/C18H17NO6S/c1-22-13-4-2-12(3-5-13)19-17(20)9-26-10-18(21)25-14-6-7-15-16(8-14)24-11-23-15/h2-8H,9-11H2,1H3,(H,19,20). The highest BCUT2D eigenvalue weighted by Crippen LogP contribution is 2.35. The fraction of sp³-hybridized carbons (Fsp3) is 0.222. The fourth-order valence-corrected chi connectivity index (χ4v) is 2.78. The van der Waals surface area contributed by atoms with Gasteiger partial charge in [-0.15, -0.1) is 11.8 Å². The lowest BCUT2D eigenvalue weighted by atomic mass is 10.3. The van der Waals surface area contributed by atoms with Crippen molar-refractivity contribution in [2.24, 2.45) is 0 Å². The van der Waals surface area contributed by atoms with Gasteiger partial charge in [0, 0.05) is 11.8 Å². The smallest absolute Gasteiger partial charge is 0.321 e. The molecule has 0 spiro atoms. The first-order valence-corrected chi connectivity index (χ1v) is 8.91. The minimum Gasteiger partial charge on any atom is -0.497 e. The third kappa shape index (κ3) is 4.82. The number of fused-ring (bicyclic) bond motifs is 1. The zero-order valence-corrected chi connectivity index (χ0v) is 14.8. The molecule has 136 valence electrons. The third-order valence-electron chi connectivity index (χ3n) is 3.40. The number of hydrogen-bond acceptors (Lipinski definition) is 7. The summed E-state index contributed by atoms with van der Waals surface area (Å²) in [5, 5.41) is 2.75. The first kappa shape index (κ1) is 17.9. The van der Waals surface area contributed by atoms with Gasteiger partial charge in [0.15, 0.2) is 11.5 Å². The molecule has 0 saturated heterocycles. The second kappa shape index (κ2) is 8.48. The molecule has 1 aliphatic rings. The Balaban J connectivity index is 1.39. The number of rotatable bonds is 7. The molecule has 0 saturated carbocycles. The summed E-state index contributed by atoms with van der Waals surface area (Å²) in [6.07, 6.45) is 0. The van der Waals surface area contributed by atoms with Crippen molar-refractivity contribution in [3.8, 4) is 23.0 Å². The number of carbonyl (C=O) groups is 2. The number of methoxy groups -OCH3 is 1. The van der Waals surface area contributed by atoms with Crippen LogP contribution < -0.4 is 24.3 Å². The van der Waals surface area contributed by atoms with Crippen molar-refractivity contribution in [2.45, 2.75) is 0 Å². The Morgan fingerprint density at radius 2 is 1.77 bits per heavy atom. The lowest BCUT2D eigenvalue weighted by molar-refractivity contribution is -0.131. The van der Waals surface area contributed by atoms with Crippen molar-refractivity contribution in [1.82, 2.24) is 0 Å². The lowest BCUT2D eigenvalue weighted by Crippen LogP contribution is -2.17. The summed E-state index contributed by atoms with van der Waals surface area (Å²) in [5.41, 5.74) is 0.666. The largest absolute Gasteiger partial charge is 0.497 e. The van der Waals surface area contributed by atoms with Crippen LogP contribution in [-0.4, -0.2) is 37.3 Å². The monoisotopic (exact) mass is 375 g/mol. The highest BCUT2D eigenvalue weighted by Gasteiger charge is 2.15. The van der Waals surface area contributed by atoms with Crippen LogP contribution in [0.25, 0.3) is 0 Å². The van der Waals surface area contributed by atoms with Crippen LogP contribution in [0.5, 0.6) is 23.0 Å². The maximum Gasteiger partial charge on any atom is 0.321 e. The van der Waals surface area contributed by atoms with Gasteiger partial charge in [-0.05, 0) is 36.4 Å². The second-order valence-corrected chi connectivity index (χ2v) is 6.24.